The van der Waals surface area contributed by atoms with Crippen LogP contribution in [-0.4, -0.2) is 23.3 Å². The third-order valence-corrected chi connectivity index (χ3v) is 5.65. The number of fused-ring (bicyclic) bond motifs is 1. The number of ether oxygens (including phenoxy) is 1. The average molecular weight is 444 g/mol. The minimum atomic E-state index is -0.219. The zero-order valence-electron chi connectivity index (χ0n) is 17.2. The average Bonchev–Trinajstić information content (AvgIpc) is 3.27. The zero-order valence-corrected chi connectivity index (χ0v) is 18.0. The Bertz CT molecular complexity index is 1200. The highest BCUT2D eigenvalue weighted by Gasteiger charge is 2.29. The highest BCUT2D eigenvalue weighted by atomic mass is 32.1. The summed E-state index contributed by atoms with van der Waals surface area (Å²) in [6.45, 7) is 4.55. The van der Waals surface area contributed by atoms with Gasteiger partial charge in [0.15, 0.2) is 11.5 Å². The number of rotatable bonds is 7. The standard InChI is InChI=1S/C25H21N3O3S/c1-2-14-28-21-7-3-4-8-22(21)31-23(25(28)30)15-20-10-9-19(32-20)11-12-24(29)27-17-18-6-5-13-26-16-18/h2-13,15-16H,1,14,17H2,(H,27,29)/b12-11+,23-15-. The molecule has 2 amide bonds. The van der Waals surface area contributed by atoms with Gasteiger partial charge in [0.2, 0.25) is 5.91 Å². The Labute approximate surface area is 190 Å². The number of para-hydroxylation sites is 2. The van der Waals surface area contributed by atoms with E-state index in [9.17, 15) is 9.59 Å². The van der Waals surface area contributed by atoms with Crippen molar-refractivity contribution in [3.8, 4) is 5.75 Å². The van der Waals surface area contributed by atoms with E-state index in [2.05, 4.69) is 16.9 Å². The van der Waals surface area contributed by atoms with Crippen LogP contribution >= 0.6 is 11.3 Å². The van der Waals surface area contributed by atoms with Gasteiger partial charge in [0, 0.05) is 47.4 Å². The quantitative estimate of drug-likeness (QED) is 0.433. The number of benzene rings is 1. The van der Waals surface area contributed by atoms with Crippen molar-refractivity contribution in [1.29, 1.82) is 0 Å². The van der Waals surface area contributed by atoms with Gasteiger partial charge in [0.05, 0.1) is 5.69 Å². The van der Waals surface area contributed by atoms with Crippen LogP contribution in [0.1, 0.15) is 15.3 Å². The molecule has 1 aliphatic rings. The lowest BCUT2D eigenvalue weighted by atomic mass is 10.2. The largest absolute Gasteiger partial charge is 0.449 e. The molecule has 0 aliphatic carbocycles. The molecule has 2 aromatic heterocycles. The second-order valence-corrected chi connectivity index (χ2v) is 8.08. The Morgan fingerprint density at radius 1 is 1.16 bits per heavy atom. The monoisotopic (exact) mass is 443 g/mol. The molecule has 0 bridgehead atoms. The molecular formula is C25H21N3O3S. The van der Waals surface area contributed by atoms with Crippen molar-refractivity contribution in [2.45, 2.75) is 6.54 Å². The maximum atomic E-state index is 12.9. The van der Waals surface area contributed by atoms with E-state index in [1.165, 1.54) is 17.4 Å². The van der Waals surface area contributed by atoms with Crippen molar-refractivity contribution in [1.82, 2.24) is 10.3 Å². The van der Waals surface area contributed by atoms with Crippen LogP contribution in [0, 0.1) is 0 Å². The number of hydrogen-bond acceptors (Lipinski definition) is 5. The van der Waals surface area contributed by atoms with Crippen molar-refractivity contribution in [2.24, 2.45) is 0 Å². The molecule has 1 N–H and O–H groups in total. The first-order valence-electron chi connectivity index (χ1n) is 10.00. The van der Waals surface area contributed by atoms with Crippen LogP contribution in [-0.2, 0) is 16.1 Å². The molecule has 160 valence electrons. The third kappa shape index (κ3) is 5.01. The van der Waals surface area contributed by atoms with Gasteiger partial charge in [-0.3, -0.25) is 19.5 Å². The first-order chi connectivity index (χ1) is 15.6. The lowest BCUT2D eigenvalue weighted by Crippen LogP contribution is -2.37. The number of carbonyl (C=O) groups is 2. The van der Waals surface area contributed by atoms with E-state index in [-0.39, 0.29) is 17.6 Å². The molecule has 0 fully saturated rings. The highest BCUT2D eigenvalue weighted by molar-refractivity contribution is 7.13. The van der Waals surface area contributed by atoms with Crippen LogP contribution in [0.2, 0.25) is 0 Å². The van der Waals surface area contributed by atoms with Crippen LogP contribution in [0.25, 0.3) is 12.2 Å². The lowest BCUT2D eigenvalue weighted by Gasteiger charge is -2.29. The van der Waals surface area contributed by atoms with E-state index in [1.54, 1.807) is 35.5 Å². The molecule has 0 atom stereocenters. The fourth-order valence-electron chi connectivity index (χ4n) is 3.15. The van der Waals surface area contributed by atoms with Gasteiger partial charge >= 0.3 is 0 Å². The van der Waals surface area contributed by atoms with Crippen molar-refractivity contribution in [3.63, 3.8) is 0 Å². The van der Waals surface area contributed by atoms with Gasteiger partial charge in [-0.05, 0) is 42.0 Å². The minimum Gasteiger partial charge on any atom is -0.449 e. The Morgan fingerprint density at radius 2 is 2.00 bits per heavy atom. The molecule has 3 heterocycles. The second kappa shape index (κ2) is 9.89. The van der Waals surface area contributed by atoms with Crippen molar-refractivity contribution in [3.05, 3.63) is 101 Å². The Morgan fingerprint density at radius 3 is 2.81 bits per heavy atom. The number of hydrogen-bond donors (Lipinski definition) is 1. The molecule has 6 nitrogen and oxygen atoms in total. The maximum Gasteiger partial charge on any atom is 0.294 e. The number of anilines is 1. The topological polar surface area (TPSA) is 71.5 Å². The summed E-state index contributed by atoms with van der Waals surface area (Å²) in [5, 5.41) is 2.82. The molecule has 0 radical (unpaired) electrons. The number of nitrogens with zero attached hydrogens (tertiary/aromatic N) is 2. The van der Waals surface area contributed by atoms with Crippen molar-refractivity contribution in [2.75, 3.05) is 11.4 Å². The van der Waals surface area contributed by atoms with Gasteiger partial charge in [-0.25, -0.2) is 0 Å². The minimum absolute atomic E-state index is 0.190. The van der Waals surface area contributed by atoms with E-state index >= 15 is 0 Å². The van der Waals surface area contributed by atoms with E-state index in [0.717, 1.165) is 21.0 Å². The first kappa shape index (κ1) is 21.3. The van der Waals surface area contributed by atoms with Crippen LogP contribution in [0.4, 0.5) is 5.69 Å². The van der Waals surface area contributed by atoms with E-state index in [4.69, 9.17) is 4.74 Å². The third-order valence-electron chi connectivity index (χ3n) is 4.65. The van der Waals surface area contributed by atoms with Gasteiger partial charge < -0.3 is 10.1 Å². The summed E-state index contributed by atoms with van der Waals surface area (Å²) < 4.78 is 5.86. The van der Waals surface area contributed by atoms with Crippen molar-refractivity contribution >= 4 is 41.0 Å². The predicted octanol–water partition coefficient (Wildman–Crippen LogP) is 4.43. The number of nitrogens with one attached hydrogen (secondary N) is 1. The van der Waals surface area contributed by atoms with Gasteiger partial charge in [-0.1, -0.05) is 24.3 Å². The van der Waals surface area contributed by atoms with Gasteiger partial charge in [-0.15, -0.1) is 17.9 Å². The molecule has 1 aliphatic heterocycles. The number of aromatic nitrogens is 1. The maximum absolute atomic E-state index is 12.9. The Kier molecular flexibility index (Phi) is 6.57. The summed E-state index contributed by atoms with van der Waals surface area (Å²) >= 11 is 1.46. The number of carbonyl (C=O) groups excluding carboxylic acids is 2. The summed E-state index contributed by atoms with van der Waals surface area (Å²) in [6, 6.07) is 14.9. The summed E-state index contributed by atoms with van der Waals surface area (Å²) in [6.07, 6.45) is 10.0. The fourth-order valence-corrected chi connectivity index (χ4v) is 3.99. The molecule has 3 aromatic rings. The Hall–Kier alpha value is -3.97. The summed E-state index contributed by atoms with van der Waals surface area (Å²) in [4.78, 5) is 32.4. The summed E-state index contributed by atoms with van der Waals surface area (Å²) in [5.41, 5.74) is 1.66. The second-order valence-electron chi connectivity index (χ2n) is 6.94. The number of pyridine rings is 1. The molecule has 4 rings (SSSR count). The predicted molar refractivity (Wildman–Crippen MR) is 127 cm³/mol. The van der Waals surface area contributed by atoms with E-state index in [0.29, 0.717) is 18.8 Å². The van der Waals surface area contributed by atoms with Gasteiger partial charge in [0.1, 0.15) is 0 Å². The smallest absolute Gasteiger partial charge is 0.294 e. The molecule has 0 unspecified atom stereocenters. The van der Waals surface area contributed by atoms with E-state index < -0.39 is 0 Å². The number of amides is 2. The molecule has 32 heavy (non-hydrogen) atoms. The van der Waals surface area contributed by atoms with Crippen LogP contribution in [0.15, 0.2) is 85.4 Å². The van der Waals surface area contributed by atoms with Crippen LogP contribution in [0.5, 0.6) is 5.75 Å². The normalized spacial score (nSPS) is 14.3. The van der Waals surface area contributed by atoms with Gasteiger partial charge in [0.25, 0.3) is 5.91 Å². The van der Waals surface area contributed by atoms with Crippen molar-refractivity contribution < 1.29 is 14.3 Å². The number of thiophene rings is 1. The lowest BCUT2D eigenvalue weighted by molar-refractivity contribution is -0.117. The highest BCUT2D eigenvalue weighted by Crippen LogP contribution is 2.36. The van der Waals surface area contributed by atoms with E-state index in [1.807, 2.05) is 48.5 Å². The molecule has 0 saturated heterocycles. The van der Waals surface area contributed by atoms with Crippen LogP contribution in [0.3, 0.4) is 0 Å². The van der Waals surface area contributed by atoms with Crippen LogP contribution < -0.4 is 15.0 Å². The summed E-state index contributed by atoms with van der Waals surface area (Å²) in [5.74, 6) is 0.466. The summed E-state index contributed by atoms with van der Waals surface area (Å²) in [7, 11) is 0. The fraction of sp³-hybridized carbons (Fsp3) is 0.0800. The molecule has 7 heteroatoms. The molecule has 0 saturated carbocycles. The SMILES string of the molecule is C=CCN1C(=O)/C(=C/c2ccc(/C=C/C(=O)NCc3cccnc3)s2)Oc2ccccc21. The Balaban J connectivity index is 1.44. The molecule has 1 aromatic carbocycles. The molecule has 0 spiro atoms. The molecular weight excluding hydrogens is 422 g/mol. The first-order valence-corrected chi connectivity index (χ1v) is 10.8. The zero-order chi connectivity index (χ0) is 22.3. The van der Waals surface area contributed by atoms with Gasteiger partial charge in [-0.2, -0.15) is 0 Å².